The minimum atomic E-state index is -0.794. The number of unbranched alkanes of at least 4 members (excludes halogenated alkanes) is 3. The molecule has 0 aromatic heterocycles. The molecule has 1 aromatic rings. The lowest BCUT2D eigenvalue weighted by molar-refractivity contribution is -0.132. The topological polar surface area (TPSA) is 87.7 Å². The summed E-state index contributed by atoms with van der Waals surface area (Å²) >= 11 is 0. The number of amides is 2. The van der Waals surface area contributed by atoms with E-state index in [1.165, 1.54) is 12.8 Å². The first-order valence-corrected chi connectivity index (χ1v) is 8.47. The second kappa shape index (κ2) is 10.6. The van der Waals surface area contributed by atoms with Crippen molar-refractivity contribution in [2.45, 2.75) is 52.5 Å². The van der Waals surface area contributed by atoms with Crippen LogP contribution in [0.2, 0.25) is 0 Å². The molecule has 0 spiro atoms. The van der Waals surface area contributed by atoms with Crippen molar-refractivity contribution in [1.82, 2.24) is 10.8 Å². The number of ether oxygens (including phenoxy) is 1. The van der Waals surface area contributed by atoms with Gasteiger partial charge in [0.15, 0.2) is 0 Å². The summed E-state index contributed by atoms with van der Waals surface area (Å²) in [6.45, 7) is 6.40. The number of nitrogens with one attached hydrogen (secondary N) is 2. The monoisotopic (exact) mass is 336 g/mol. The van der Waals surface area contributed by atoms with Crippen LogP contribution in [-0.2, 0) is 4.79 Å². The van der Waals surface area contributed by atoms with Gasteiger partial charge in [0.2, 0.25) is 0 Å². The third kappa shape index (κ3) is 6.58. The fourth-order valence-electron chi connectivity index (χ4n) is 2.25. The summed E-state index contributed by atoms with van der Waals surface area (Å²) in [6, 6.07) is 6.00. The number of carbonyl (C=O) groups is 2. The largest absolute Gasteiger partial charge is 0.494 e. The average Bonchev–Trinajstić information content (AvgIpc) is 2.58. The molecule has 1 rings (SSSR count). The molecule has 0 radical (unpaired) electrons. The number of hydrogen-bond acceptors (Lipinski definition) is 4. The molecule has 134 valence electrons. The summed E-state index contributed by atoms with van der Waals surface area (Å²) in [5.74, 6) is -0.430. The van der Waals surface area contributed by atoms with Gasteiger partial charge in [-0.1, -0.05) is 40.0 Å². The summed E-state index contributed by atoms with van der Waals surface area (Å²) in [5, 5.41) is 11.4. The van der Waals surface area contributed by atoms with Gasteiger partial charge in [0.05, 0.1) is 6.61 Å². The Morgan fingerprint density at radius 2 is 1.79 bits per heavy atom. The summed E-state index contributed by atoms with van der Waals surface area (Å²) in [5.41, 5.74) is 2.01. The first-order valence-electron chi connectivity index (χ1n) is 8.47. The van der Waals surface area contributed by atoms with Crippen LogP contribution in [0.4, 0.5) is 0 Å². The van der Waals surface area contributed by atoms with Crippen LogP contribution in [0, 0.1) is 5.92 Å². The second-order valence-electron chi connectivity index (χ2n) is 6.10. The highest BCUT2D eigenvalue weighted by molar-refractivity contribution is 5.97. The maximum Gasteiger partial charge on any atom is 0.266 e. The molecule has 0 saturated carbocycles. The van der Waals surface area contributed by atoms with E-state index in [1.807, 2.05) is 0 Å². The zero-order valence-electron chi connectivity index (χ0n) is 14.7. The molecule has 0 saturated heterocycles. The van der Waals surface area contributed by atoms with E-state index in [-0.39, 0.29) is 11.8 Å². The molecule has 0 aliphatic heterocycles. The van der Waals surface area contributed by atoms with Gasteiger partial charge in [0, 0.05) is 5.56 Å². The van der Waals surface area contributed by atoms with E-state index in [1.54, 1.807) is 43.6 Å². The van der Waals surface area contributed by atoms with Crippen LogP contribution in [-0.4, -0.2) is 29.7 Å². The number of benzene rings is 1. The van der Waals surface area contributed by atoms with Gasteiger partial charge in [0.25, 0.3) is 11.8 Å². The van der Waals surface area contributed by atoms with Gasteiger partial charge in [-0.15, -0.1) is 0 Å². The highest BCUT2D eigenvalue weighted by Gasteiger charge is 2.24. The SMILES string of the molecule is CCCCCCOc1ccc(C(=O)NC(C(=O)NO)C(C)C)cc1. The smallest absolute Gasteiger partial charge is 0.266 e. The summed E-state index contributed by atoms with van der Waals surface area (Å²) in [4.78, 5) is 23.8. The Hall–Kier alpha value is -2.08. The molecule has 24 heavy (non-hydrogen) atoms. The summed E-state index contributed by atoms with van der Waals surface area (Å²) in [6.07, 6.45) is 4.57. The molecule has 1 atom stereocenters. The fourth-order valence-corrected chi connectivity index (χ4v) is 2.25. The molecule has 3 N–H and O–H groups in total. The van der Waals surface area contributed by atoms with E-state index in [4.69, 9.17) is 9.94 Å². The molecule has 6 nitrogen and oxygen atoms in total. The predicted octanol–water partition coefficient (Wildman–Crippen LogP) is 2.91. The van der Waals surface area contributed by atoms with Crippen LogP contribution in [0.15, 0.2) is 24.3 Å². The van der Waals surface area contributed by atoms with Crippen molar-refractivity contribution in [2.75, 3.05) is 6.61 Å². The van der Waals surface area contributed by atoms with Crippen molar-refractivity contribution >= 4 is 11.8 Å². The Labute approximate surface area is 143 Å². The minimum absolute atomic E-state index is 0.146. The first-order chi connectivity index (χ1) is 11.5. The number of carbonyl (C=O) groups excluding carboxylic acids is 2. The van der Waals surface area contributed by atoms with Gasteiger partial charge < -0.3 is 10.1 Å². The van der Waals surface area contributed by atoms with Crippen LogP contribution < -0.4 is 15.5 Å². The highest BCUT2D eigenvalue weighted by Crippen LogP contribution is 2.14. The Kier molecular flexibility index (Phi) is 8.86. The van der Waals surface area contributed by atoms with Crippen LogP contribution in [0.1, 0.15) is 56.8 Å². The molecule has 0 aliphatic carbocycles. The molecule has 2 amide bonds. The van der Waals surface area contributed by atoms with Crippen molar-refractivity contribution in [3.63, 3.8) is 0 Å². The minimum Gasteiger partial charge on any atom is -0.494 e. The lowest BCUT2D eigenvalue weighted by Crippen LogP contribution is -2.48. The van der Waals surface area contributed by atoms with E-state index in [0.29, 0.717) is 12.2 Å². The van der Waals surface area contributed by atoms with E-state index in [2.05, 4.69) is 12.2 Å². The molecule has 0 heterocycles. The Morgan fingerprint density at radius 1 is 1.12 bits per heavy atom. The first kappa shape index (κ1) is 20.0. The lowest BCUT2D eigenvalue weighted by atomic mass is 10.0. The van der Waals surface area contributed by atoms with Gasteiger partial charge >= 0.3 is 0 Å². The molecule has 0 fully saturated rings. The van der Waals surface area contributed by atoms with E-state index in [9.17, 15) is 9.59 Å². The van der Waals surface area contributed by atoms with Crippen molar-refractivity contribution in [3.05, 3.63) is 29.8 Å². The predicted molar refractivity (Wildman–Crippen MR) is 92.1 cm³/mol. The van der Waals surface area contributed by atoms with Crippen LogP contribution in [0.5, 0.6) is 5.75 Å². The highest BCUT2D eigenvalue weighted by atomic mass is 16.5. The van der Waals surface area contributed by atoms with E-state index >= 15 is 0 Å². The van der Waals surface area contributed by atoms with E-state index in [0.717, 1.165) is 18.6 Å². The normalized spacial score (nSPS) is 11.9. The molecular formula is C18H28N2O4. The van der Waals surface area contributed by atoms with Crippen molar-refractivity contribution in [3.8, 4) is 5.75 Å². The summed E-state index contributed by atoms with van der Waals surface area (Å²) in [7, 11) is 0. The standard InChI is InChI=1S/C18H28N2O4/c1-4-5-6-7-12-24-15-10-8-14(9-11-15)17(21)19-16(13(2)3)18(22)20-23/h8-11,13,16,23H,4-7,12H2,1-3H3,(H,19,21)(H,20,22). The van der Waals surface area contributed by atoms with Gasteiger partial charge in [-0.05, 0) is 36.6 Å². The number of hydrogen-bond donors (Lipinski definition) is 3. The molecular weight excluding hydrogens is 308 g/mol. The van der Waals surface area contributed by atoms with Crippen LogP contribution in [0.3, 0.4) is 0 Å². The van der Waals surface area contributed by atoms with Crippen molar-refractivity contribution in [1.29, 1.82) is 0 Å². The number of hydroxylamine groups is 1. The quantitative estimate of drug-likeness (QED) is 0.348. The maximum absolute atomic E-state index is 12.2. The van der Waals surface area contributed by atoms with Crippen molar-refractivity contribution < 1.29 is 19.5 Å². The van der Waals surface area contributed by atoms with Gasteiger partial charge in [-0.2, -0.15) is 0 Å². The molecule has 0 bridgehead atoms. The lowest BCUT2D eigenvalue weighted by Gasteiger charge is -2.20. The van der Waals surface area contributed by atoms with Crippen LogP contribution in [0.25, 0.3) is 0 Å². The Morgan fingerprint density at radius 3 is 2.33 bits per heavy atom. The molecule has 1 unspecified atom stereocenters. The molecule has 6 heteroatoms. The maximum atomic E-state index is 12.2. The molecule has 1 aromatic carbocycles. The fraction of sp³-hybridized carbons (Fsp3) is 0.556. The van der Waals surface area contributed by atoms with Gasteiger partial charge in [0.1, 0.15) is 11.8 Å². The Bertz CT molecular complexity index is 514. The Balaban J connectivity index is 2.55. The third-order valence-electron chi connectivity index (χ3n) is 3.73. The van der Waals surface area contributed by atoms with E-state index < -0.39 is 11.9 Å². The zero-order chi connectivity index (χ0) is 17.9. The molecule has 0 aliphatic rings. The zero-order valence-corrected chi connectivity index (χ0v) is 14.7. The third-order valence-corrected chi connectivity index (χ3v) is 3.73. The van der Waals surface area contributed by atoms with Gasteiger partial charge in [-0.25, -0.2) is 5.48 Å². The second-order valence-corrected chi connectivity index (χ2v) is 6.10. The van der Waals surface area contributed by atoms with Crippen LogP contribution >= 0.6 is 0 Å². The van der Waals surface area contributed by atoms with Gasteiger partial charge in [-0.3, -0.25) is 14.8 Å². The summed E-state index contributed by atoms with van der Waals surface area (Å²) < 4.78 is 5.63. The van der Waals surface area contributed by atoms with Crippen molar-refractivity contribution in [2.24, 2.45) is 5.92 Å². The average molecular weight is 336 g/mol. The number of rotatable bonds is 10.